The number of phosphoric acid groups is 1. The van der Waals surface area contributed by atoms with Gasteiger partial charge in [-0.05, 0) is 70.6 Å². The standard InChI is InChI=1S/C43H74NO9P/c1-3-5-7-9-11-12-13-14-15-16-17-18-19-20-22-26-30-34-42(46)50-38-41(39-52-54(48,49)51-37-36-44)53-43(47)35-31-27-23-25-29-33-40(45)32-28-24-21-10-8-6-4-2/h6,8,11-12,14-15,17-18,21,24,28,32,40-41,45H,3-5,7,9-10,13,16,19-20,22-23,25-27,29-31,33-39,44H2,1-2H3,(H,48,49)/b8-6+,12-11-,15-14-,18-17-,24-21+,32-28+/t40?,41-/m1/s1. The molecule has 0 aromatic carbocycles. The maximum absolute atomic E-state index is 12.6. The Morgan fingerprint density at radius 1 is 0.667 bits per heavy atom. The fourth-order valence-corrected chi connectivity index (χ4v) is 5.88. The molecule has 0 bridgehead atoms. The van der Waals surface area contributed by atoms with Crippen molar-refractivity contribution in [2.45, 2.75) is 161 Å². The number of hydrogen-bond acceptors (Lipinski definition) is 9. The Morgan fingerprint density at radius 3 is 1.91 bits per heavy atom. The highest BCUT2D eigenvalue weighted by molar-refractivity contribution is 7.47. The molecule has 0 spiro atoms. The van der Waals surface area contributed by atoms with E-state index in [0.717, 1.165) is 77.0 Å². The Kier molecular flexibility index (Phi) is 36.8. The Morgan fingerprint density at radius 2 is 1.24 bits per heavy atom. The van der Waals surface area contributed by atoms with Crippen molar-refractivity contribution in [1.29, 1.82) is 0 Å². The predicted octanol–water partition coefficient (Wildman–Crippen LogP) is 10.5. The lowest BCUT2D eigenvalue weighted by Gasteiger charge is -2.19. The Bertz CT molecular complexity index is 1130. The highest BCUT2D eigenvalue weighted by Crippen LogP contribution is 2.43. The van der Waals surface area contributed by atoms with Crippen molar-refractivity contribution in [2.75, 3.05) is 26.4 Å². The molecule has 0 fully saturated rings. The maximum Gasteiger partial charge on any atom is 0.472 e. The zero-order chi connectivity index (χ0) is 39.8. The summed E-state index contributed by atoms with van der Waals surface area (Å²) in [6.45, 7) is 3.41. The van der Waals surface area contributed by atoms with E-state index in [-0.39, 0.29) is 32.6 Å². The summed E-state index contributed by atoms with van der Waals surface area (Å²) in [4.78, 5) is 34.8. The van der Waals surface area contributed by atoms with Gasteiger partial charge in [0, 0.05) is 19.4 Å². The van der Waals surface area contributed by atoms with Crippen LogP contribution in [0.5, 0.6) is 0 Å². The van der Waals surface area contributed by atoms with Crippen molar-refractivity contribution >= 4 is 19.8 Å². The van der Waals surface area contributed by atoms with Crippen LogP contribution >= 0.6 is 7.82 Å². The fraction of sp³-hybridized carbons (Fsp3) is 0.674. The number of allylic oxidation sites excluding steroid dienone is 11. The number of aliphatic hydroxyl groups is 1. The fourth-order valence-electron chi connectivity index (χ4n) is 5.12. The number of carbonyl (C=O) groups is 2. The largest absolute Gasteiger partial charge is 0.472 e. The molecular weight excluding hydrogens is 705 g/mol. The lowest BCUT2D eigenvalue weighted by molar-refractivity contribution is -0.161. The summed E-state index contributed by atoms with van der Waals surface area (Å²) in [6, 6.07) is 0. The molecule has 2 unspecified atom stereocenters. The molecule has 3 atom stereocenters. The second-order valence-electron chi connectivity index (χ2n) is 13.3. The first-order valence-corrected chi connectivity index (χ1v) is 22.0. The van der Waals surface area contributed by atoms with Gasteiger partial charge in [-0.15, -0.1) is 0 Å². The van der Waals surface area contributed by atoms with Gasteiger partial charge < -0.3 is 25.2 Å². The van der Waals surface area contributed by atoms with E-state index in [4.69, 9.17) is 24.3 Å². The summed E-state index contributed by atoms with van der Waals surface area (Å²) in [7, 11) is -4.41. The third kappa shape index (κ3) is 37.7. The molecule has 0 amide bonds. The van der Waals surface area contributed by atoms with Gasteiger partial charge in [-0.3, -0.25) is 18.6 Å². The average Bonchev–Trinajstić information content (AvgIpc) is 3.15. The number of phosphoric ester groups is 1. The minimum atomic E-state index is -4.41. The predicted molar refractivity (Wildman–Crippen MR) is 221 cm³/mol. The van der Waals surface area contributed by atoms with E-state index in [1.165, 1.54) is 25.7 Å². The lowest BCUT2D eigenvalue weighted by Crippen LogP contribution is -2.29. The Labute approximate surface area is 327 Å². The number of unbranched alkanes of at least 4 members (excludes halogenated alkanes) is 11. The van der Waals surface area contributed by atoms with E-state index in [1.54, 1.807) is 6.08 Å². The van der Waals surface area contributed by atoms with Crippen LogP contribution in [-0.2, 0) is 32.7 Å². The van der Waals surface area contributed by atoms with Crippen LogP contribution in [0.25, 0.3) is 0 Å². The summed E-state index contributed by atoms with van der Waals surface area (Å²) < 4.78 is 32.6. The van der Waals surface area contributed by atoms with Crippen molar-refractivity contribution in [2.24, 2.45) is 5.73 Å². The van der Waals surface area contributed by atoms with Gasteiger partial charge in [-0.2, -0.15) is 0 Å². The SMILES string of the molecule is CC/C=C/C/C=C/C=C/C(O)CCCCCCCC(=O)O[C@H](COC(=O)CCCCCC/C=C\C/C=C\C/C=C\CCCCC)COP(=O)(O)OCCN. The molecule has 0 saturated carbocycles. The normalized spacial score (nSPS) is 14.7. The zero-order valence-electron chi connectivity index (χ0n) is 33.5. The van der Waals surface area contributed by atoms with E-state index in [0.29, 0.717) is 19.3 Å². The molecule has 0 aromatic heterocycles. The summed E-state index contributed by atoms with van der Waals surface area (Å²) in [6.07, 6.45) is 42.3. The summed E-state index contributed by atoms with van der Waals surface area (Å²) in [5.74, 6) is -0.938. The van der Waals surface area contributed by atoms with E-state index < -0.39 is 38.6 Å². The highest BCUT2D eigenvalue weighted by Gasteiger charge is 2.26. The maximum atomic E-state index is 12.6. The average molecular weight is 780 g/mol. The summed E-state index contributed by atoms with van der Waals surface area (Å²) in [5, 5.41) is 10.1. The van der Waals surface area contributed by atoms with Gasteiger partial charge in [0.25, 0.3) is 0 Å². The monoisotopic (exact) mass is 780 g/mol. The van der Waals surface area contributed by atoms with Crippen LogP contribution in [0.1, 0.15) is 149 Å². The van der Waals surface area contributed by atoms with Crippen LogP contribution < -0.4 is 5.73 Å². The highest BCUT2D eigenvalue weighted by atomic mass is 31.2. The molecule has 0 aliphatic carbocycles. The Balaban J connectivity index is 4.33. The minimum Gasteiger partial charge on any atom is -0.462 e. The Hall–Kier alpha value is -2.59. The van der Waals surface area contributed by atoms with Crippen molar-refractivity contribution < 1.29 is 42.7 Å². The van der Waals surface area contributed by atoms with E-state index in [2.05, 4.69) is 62.5 Å². The molecule has 0 radical (unpaired) electrons. The van der Waals surface area contributed by atoms with Crippen LogP contribution in [0.2, 0.25) is 0 Å². The zero-order valence-corrected chi connectivity index (χ0v) is 34.4. The van der Waals surface area contributed by atoms with E-state index >= 15 is 0 Å². The molecule has 0 rings (SSSR count). The minimum absolute atomic E-state index is 0.0302. The second-order valence-corrected chi connectivity index (χ2v) is 14.8. The molecular formula is C43H74NO9P. The first-order chi connectivity index (χ1) is 26.2. The molecule has 0 saturated heterocycles. The second kappa shape index (κ2) is 38.7. The van der Waals surface area contributed by atoms with Crippen molar-refractivity contribution in [3.63, 3.8) is 0 Å². The first-order valence-electron chi connectivity index (χ1n) is 20.5. The van der Waals surface area contributed by atoms with Crippen molar-refractivity contribution in [1.82, 2.24) is 0 Å². The van der Waals surface area contributed by atoms with Gasteiger partial charge in [0.2, 0.25) is 0 Å². The van der Waals surface area contributed by atoms with Gasteiger partial charge in [-0.25, -0.2) is 4.57 Å². The van der Waals surface area contributed by atoms with Gasteiger partial charge in [0.15, 0.2) is 6.10 Å². The molecule has 4 N–H and O–H groups in total. The summed E-state index contributed by atoms with van der Waals surface area (Å²) in [5.41, 5.74) is 5.33. The number of carbonyl (C=O) groups excluding carboxylic acids is 2. The molecule has 0 heterocycles. The number of esters is 2. The van der Waals surface area contributed by atoms with Crippen molar-refractivity contribution in [3.05, 3.63) is 72.9 Å². The molecule has 0 aliphatic heterocycles. The summed E-state index contributed by atoms with van der Waals surface area (Å²) >= 11 is 0. The topological polar surface area (TPSA) is 155 Å². The van der Waals surface area contributed by atoms with E-state index in [1.807, 2.05) is 18.2 Å². The quantitative estimate of drug-likeness (QED) is 0.0182. The number of ether oxygens (including phenoxy) is 2. The lowest BCUT2D eigenvalue weighted by atomic mass is 10.1. The third-order valence-corrected chi connectivity index (χ3v) is 9.16. The number of hydrogen-bond donors (Lipinski definition) is 3. The molecule has 10 nitrogen and oxygen atoms in total. The first kappa shape index (κ1) is 51.4. The van der Waals surface area contributed by atoms with Crippen LogP contribution in [0.3, 0.4) is 0 Å². The molecule has 0 aliphatic rings. The van der Waals surface area contributed by atoms with Gasteiger partial charge in [0.1, 0.15) is 6.61 Å². The van der Waals surface area contributed by atoms with Crippen LogP contribution in [0.15, 0.2) is 72.9 Å². The molecule has 0 aromatic rings. The smallest absolute Gasteiger partial charge is 0.462 e. The molecule has 54 heavy (non-hydrogen) atoms. The molecule has 310 valence electrons. The molecule has 11 heteroatoms. The number of aliphatic hydroxyl groups excluding tert-OH is 1. The number of rotatable bonds is 37. The van der Waals surface area contributed by atoms with Gasteiger partial charge >= 0.3 is 19.8 Å². The van der Waals surface area contributed by atoms with Gasteiger partial charge in [0.05, 0.1) is 19.3 Å². The van der Waals surface area contributed by atoms with Crippen LogP contribution in [-0.4, -0.2) is 60.5 Å². The third-order valence-electron chi connectivity index (χ3n) is 8.18. The van der Waals surface area contributed by atoms with E-state index in [9.17, 15) is 24.2 Å². The van der Waals surface area contributed by atoms with Crippen molar-refractivity contribution in [3.8, 4) is 0 Å². The van der Waals surface area contributed by atoms with Crippen LogP contribution in [0.4, 0.5) is 0 Å². The van der Waals surface area contributed by atoms with Gasteiger partial charge in [-0.1, -0.05) is 138 Å². The van der Waals surface area contributed by atoms with Crippen LogP contribution in [0, 0.1) is 0 Å². The number of nitrogens with two attached hydrogens (primary N) is 1.